The van der Waals surface area contributed by atoms with Crippen molar-refractivity contribution in [3.63, 3.8) is 0 Å². The first-order chi connectivity index (χ1) is 17.6. The quantitative estimate of drug-likeness (QED) is 0.509. The van der Waals surface area contributed by atoms with Crippen LogP contribution in [0.25, 0.3) is 11.4 Å². The summed E-state index contributed by atoms with van der Waals surface area (Å²) in [6, 6.07) is 9.64. The molecular formula is C25H22F4N6O2. The number of aromatic nitrogens is 2. The van der Waals surface area contributed by atoms with Gasteiger partial charge in [-0.05, 0) is 47.4 Å². The van der Waals surface area contributed by atoms with Gasteiger partial charge in [0.15, 0.2) is 17.5 Å². The first-order valence-corrected chi connectivity index (χ1v) is 11.5. The number of carbonyl (C=O) groups is 2. The van der Waals surface area contributed by atoms with Crippen molar-refractivity contribution in [3.05, 3.63) is 70.7 Å². The molecule has 0 bridgehead atoms. The van der Waals surface area contributed by atoms with Crippen molar-refractivity contribution in [3.8, 4) is 11.4 Å². The molecule has 0 saturated heterocycles. The average Bonchev–Trinajstić information content (AvgIpc) is 3.27. The van der Waals surface area contributed by atoms with E-state index >= 15 is 0 Å². The van der Waals surface area contributed by atoms with E-state index in [2.05, 4.69) is 20.6 Å². The number of alkyl halides is 3. The molecule has 37 heavy (non-hydrogen) atoms. The van der Waals surface area contributed by atoms with Gasteiger partial charge in [-0.2, -0.15) is 13.2 Å². The highest BCUT2D eigenvalue weighted by atomic mass is 19.4. The van der Waals surface area contributed by atoms with Gasteiger partial charge in [-0.25, -0.2) is 19.2 Å². The summed E-state index contributed by atoms with van der Waals surface area (Å²) in [4.78, 5) is 34.8. The van der Waals surface area contributed by atoms with Crippen molar-refractivity contribution in [2.24, 2.45) is 0 Å². The van der Waals surface area contributed by atoms with Crippen LogP contribution in [0.15, 0.2) is 42.6 Å². The lowest BCUT2D eigenvalue weighted by Gasteiger charge is -2.25. The molecule has 0 saturated carbocycles. The minimum absolute atomic E-state index is 0.0451. The van der Waals surface area contributed by atoms with E-state index in [0.717, 1.165) is 29.9 Å². The number of anilines is 2. The molecule has 2 aliphatic rings. The second-order valence-electron chi connectivity index (χ2n) is 8.99. The number of amides is 3. The van der Waals surface area contributed by atoms with Crippen LogP contribution in [-0.4, -0.2) is 58.0 Å². The van der Waals surface area contributed by atoms with Gasteiger partial charge in [0, 0.05) is 43.5 Å². The van der Waals surface area contributed by atoms with Gasteiger partial charge in [-0.1, -0.05) is 12.1 Å². The first-order valence-electron chi connectivity index (χ1n) is 11.5. The Morgan fingerprint density at radius 3 is 2.70 bits per heavy atom. The van der Waals surface area contributed by atoms with Crippen LogP contribution in [0.5, 0.6) is 0 Å². The van der Waals surface area contributed by atoms with E-state index in [9.17, 15) is 27.2 Å². The monoisotopic (exact) mass is 514 g/mol. The third-order valence-corrected chi connectivity index (χ3v) is 6.24. The molecule has 0 fully saturated rings. The second kappa shape index (κ2) is 9.34. The fourth-order valence-corrected chi connectivity index (χ4v) is 4.48. The topological polar surface area (TPSA) is 90.5 Å². The SMILES string of the molecule is CN(CC(F)(F)F)C(=O)N1Cc2ccc(-c3ncc(F)c(Nc4ccc5c(c4)CCNC5=O)n3)cc2C1. The Labute approximate surface area is 209 Å². The van der Waals surface area contributed by atoms with E-state index < -0.39 is 24.6 Å². The van der Waals surface area contributed by atoms with E-state index in [0.29, 0.717) is 34.7 Å². The number of hydrogen-bond donors (Lipinski definition) is 2. The molecule has 0 radical (unpaired) electrons. The summed E-state index contributed by atoms with van der Waals surface area (Å²) in [6.45, 7) is -0.481. The molecule has 8 nitrogen and oxygen atoms in total. The standard InChI is InChI=1S/C25H22F4N6O2/c1-34(13-25(27,28)29)24(37)35-11-16-3-2-15(8-17(16)12-35)21-31-10-20(26)22(33-21)32-18-4-5-19-14(9-18)6-7-30-23(19)36/h2-5,8-10H,6-7,11-13H2,1H3,(H,30,36)(H,31,32,33). The van der Waals surface area contributed by atoms with Gasteiger partial charge < -0.3 is 20.4 Å². The van der Waals surface area contributed by atoms with Crippen molar-refractivity contribution in [1.82, 2.24) is 25.1 Å². The maximum absolute atomic E-state index is 14.5. The van der Waals surface area contributed by atoms with Crippen LogP contribution >= 0.6 is 0 Å². The van der Waals surface area contributed by atoms with Crippen LogP contribution in [0.3, 0.4) is 0 Å². The zero-order valence-corrected chi connectivity index (χ0v) is 19.7. The molecular weight excluding hydrogens is 492 g/mol. The second-order valence-corrected chi connectivity index (χ2v) is 8.99. The summed E-state index contributed by atoms with van der Waals surface area (Å²) >= 11 is 0. The molecule has 12 heteroatoms. The predicted molar refractivity (Wildman–Crippen MR) is 127 cm³/mol. The Kier molecular flexibility index (Phi) is 6.18. The maximum atomic E-state index is 14.5. The van der Waals surface area contributed by atoms with Crippen LogP contribution in [0.1, 0.15) is 27.0 Å². The zero-order chi connectivity index (χ0) is 26.3. The Morgan fingerprint density at radius 2 is 1.92 bits per heavy atom. The minimum atomic E-state index is -4.48. The zero-order valence-electron chi connectivity index (χ0n) is 19.7. The third-order valence-electron chi connectivity index (χ3n) is 6.24. The van der Waals surface area contributed by atoms with Crippen LogP contribution in [0, 0.1) is 5.82 Å². The molecule has 0 unspecified atom stereocenters. The highest BCUT2D eigenvalue weighted by Gasteiger charge is 2.34. The molecule has 1 aromatic heterocycles. The molecule has 0 aliphatic carbocycles. The highest BCUT2D eigenvalue weighted by Crippen LogP contribution is 2.30. The summed E-state index contributed by atoms with van der Waals surface area (Å²) in [5.74, 6) is -0.615. The van der Waals surface area contributed by atoms with Crippen LogP contribution in [0.4, 0.5) is 33.9 Å². The van der Waals surface area contributed by atoms with Gasteiger partial charge in [0.25, 0.3) is 5.91 Å². The van der Waals surface area contributed by atoms with E-state index in [1.807, 2.05) is 0 Å². The van der Waals surface area contributed by atoms with Crippen LogP contribution in [-0.2, 0) is 19.5 Å². The number of benzene rings is 2. The van der Waals surface area contributed by atoms with Gasteiger partial charge in [0.1, 0.15) is 6.54 Å². The average molecular weight is 514 g/mol. The summed E-state index contributed by atoms with van der Waals surface area (Å²) in [5, 5.41) is 5.72. The number of fused-ring (bicyclic) bond motifs is 2. The number of carbonyl (C=O) groups excluding carboxylic acids is 2. The van der Waals surface area contributed by atoms with Crippen molar-refractivity contribution in [2.75, 3.05) is 25.5 Å². The number of urea groups is 1. The fourth-order valence-electron chi connectivity index (χ4n) is 4.48. The highest BCUT2D eigenvalue weighted by molar-refractivity contribution is 5.97. The molecule has 2 N–H and O–H groups in total. The van der Waals surface area contributed by atoms with Gasteiger partial charge in [0.2, 0.25) is 0 Å². The normalized spacial score (nSPS) is 14.6. The number of nitrogens with one attached hydrogen (secondary N) is 2. The van der Waals surface area contributed by atoms with Crippen LogP contribution in [0.2, 0.25) is 0 Å². The molecule has 3 aromatic rings. The molecule has 192 valence electrons. The summed E-state index contributed by atoms with van der Waals surface area (Å²) in [5.41, 5.74) is 4.13. The summed E-state index contributed by atoms with van der Waals surface area (Å²) in [6.07, 6.45) is -2.77. The van der Waals surface area contributed by atoms with Crippen molar-refractivity contribution in [1.29, 1.82) is 0 Å². The lowest BCUT2D eigenvalue weighted by Crippen LogP contribution is -2.42. The lowest BCUT2D eigenvalue weighted by molar-refractivity contribution is -0.138. The van der Waals surface area contributed by atoms with Gasteiger partial charge >= 0.3 is 12.2 Å². The van der Waals surface area contributed by atoms with Crippen molar-refractivity contribution < 1.29 is 27.2 Å². The van der Waals surface area contributed by atoms with Gasteiger partial charge in [-0.3, -0.25) is 4.79 Å². The number of nitrogens with zero attached hydrogens (tertiary/aromatic N) is 4. The van der Waals surface area contributed by atoms with E-state index in [1.54, 1.807) is 36.4 Å². The number of halogens is 4. The molecule has 3 amide bonds. The molecule has 3 heterocycles. The predicted octanol–water partition coefficient (Wildman–Crippen LogP) is 4.24. The number of rotatable bonds is 4. The van der Waals surface area contributed by atoms with Crippen LogP contribution < -0.4 is 10.6 Å². The largest absolute Gasteiger partial charge is 0.406 e. The third kappa shape index (κ3) is 5.18. The molecule has 2 aliphatic heterocycles. The molecule has 5 rings (SSSR count). The van der Waals surface area contributed by atoms with Crippen molar-refractivity contribution in [2.45, 2.75) is 25.7 Å². The lowest BCUT2D eigenvalue weighted by atomic mass is 10.00. The van der Waals surface area contributed by atoms with Gasteiger partial charge in [0.05, 0.1) is 6.20 Å². The molecule has 0 spiro atoms. The smallest absolute Gasteiger partial charge is 0.352 e. The van der Waals surface area contributed by atoms with E-state index in [1.165, 1.54) is 4.90 Å². The Bertz CT molecular complexity index is 1390. The summed E-state index contributed by atoms with van der Waals surface area (Å²) in [7, 11) is 1.11. The summed E-state index contributed by atoms with van der Waals surface area (Å²) < 4.78 is 52.6. The minimum Gasteiger partial charge on any atom is -0.352 e. The molecule has 2 aromatic carbocycles. The maximum Gasteiger partial charge on any atom is 0.406 e. The Morgan fingerprint density at radius 1 is 1.14 bits per heavy atom. The Hall–Kier alpha value is -4.22. The van der Waals surface area contributed by atoms with E-state index in [-0.39, 0.29) is 30.6 Å². The van der Waals surface area contributed by atoms with Gasteiger partial charge in [-0.15, -0.1) is 0 Å². The fraction of sp³-hybridized carbons (Fsp3) is 0.280. The first kappa shape index (κ1) is 24.5. The van der Waals surface area contributed by atoms with Crippen molar-refractivity contribution >= 4 is 23.4 Å². The Balaban J connectivity index is 1.34. The van der Waals surface area contributed by atoms with E-state index in [4.69, 9.17) is 0 Å². The number of hydrogen-bond acceptors (Lipinski definition) is 5. The molecule has 0 atom stereocenters.